The summed E-state index contributed by atoms with van der Waals surface area (Å²) in [6.45, 7) is 0. The first-order chi connectivity index (χ1) is 7.76. The van der Waals surface area contributed by atoms with E-state index in [9.17, 15) is 4.79 Å². The summed E-state index contributed by atoms with van der Waals surface area (Å²) in [6, 6.07) is 8.97. The van der Waals surface area contributed by atoms with E-state index in [2.05, 4.69) is 4.98 Å². The van der Waals surface area contributed by atoms with Crippen molar-refractivity contribution < 1.29 is 9.53 Å². The fraction of sp³-hybridized carbons (Fsp3) is 0.0909. The Hall–Kier alpha value is -2.14. The molecule has 1 aromatic heterocycles. The molecule has 5 nitrogen and oxygen atoms in total. The molecule has 82 valence electrons. The topological polar surface area (TPSA) is 77.2 Å². The van der Waals surface area contributed by atoms with Gasteiger partial charge in [-0.25, -0.2) is 10.8 Å². The molecule has 0 bridgehead atoms. The lowest BCUT2D eigenvalue weighted by molar-refractivity contribution is 0.0949. The number of pyridine rings is 1. The first-order valence-corrected chi connectivity index (χ1v) is 4.71. The molecule has 1 heterocycles. The van der Waals surface area contributed by atoms with Crippen molar-refractivity contribution in [1.82, 2.24) is 10.4 Å². The summed E-state index contributed by atoms with van der Waals surface area (Å²) >= 11 is 0. The van der Waals surface area contributed by atoms with Crippen LogP contribution in [-0.4, -0.2) is 18.0 Å². The number of carbonyl (C=O) groups is 1. The summed E-state index contributed by atoms with van der Waals surface area (Å²) in [7, 11) is 1.56. The summed E-state index contributed by atoms with van der Waals surface area (Å²) in [5, 5.41) is 0.910. The van der Waals surface area contributed by atoms with Crippen molar-refractivity contribution in [3.05, 3.63) is 36.0 Å². The van der Waals surface area contributed by atoms with Crippen LogP contribution in [0.3, 0.4) is 0 Å². The quantitative estimate of drug-likeness (QED) is 0.444. The maximum absolute atomic E-state index is 11.3. The molecule has 0 unspecified atom stereocenters. The summed E-state index contributed by atoms with van der Waals surface area (Å²) in [5.41, 5.74) is 2.95. The number of hydrogen-bond donors (Lipinski definition) is 2. The third-order valence-electron chi connectivity index (χ3n) is 2.27. The van der Waals surface area contributed by atoms with Gasteiger partial charge in [0, 0.05) is 5.39 Å². The van der Waals surface area contributed by atoms with Crippen LogP contribution in [0.1, 0.15) is 10.5 Å². The van der Waals surface area contributed by atoms with Gasteiger partial charge in [-0.2, -0.15) is 0 Å². The van der Waals surface area contributed by atoms with Crippen molar-refractivity contribution in [2.45, 2.75) is 0 Å². The van der Waals surface area contributed by atoms with Crippen molar-refractivity contribution in [2.75, 3.05) is 7.11 Å². The molecular weight excluding hydrogens is 206 g/mol. The van der Waals surface area contributed by atoms with Gasteiger partial charge in [0.05, 0.1) is 7.11 Å². The van der Waals surface area contributed by atoms with Gasteiger partial charge in [-0.1, -0.05) is 18.2 Å². The van der Waals surface area contributed by atoms with Gasteiger partial charge < -0.3 is 4.74 Å². The number of nitrogens with one attached hydrogen (secondary N) is 1. The van der Waals surface area contributed by atoms with Crippen LogP contribution in [-0.2, 0) is 0 Å². The van der Waals surface area contributed by atoms with Gasteiger partial charge in [0.15, 0.2) is 0 Å². The Labute approximate surface area is 92.2 Å². The van der Waals surface area contributed by atoms with E-state index in [4.69, 9.17) is 10.6 Å². The Morgan fingerprint density at radius 1 is 1.38 bits per heavy atom. The zero-order valence-corrected chi connectivity index (χ0v) is 8.73. The van der Waals surface area contributed by atoms with Gasteiger partial charge >= 0.3 is 0 Å². The molecule has 1 aromatic carbocycles. The molecule has 16 heavy (non-hydrogen) atoms. The Balaban J connectivity index is 2.63. The van der Waals surface area contributed by atoms with E-state index in [0.29, 0.717) is 11.3 Å². The van der Waals surface area contributed by atoms with Gasteiger partial charge in [0.1, 0.15) is 17.0 Å². The molecule has 0 radical (unpaired) electrons. The molecule has 2 rings (SSSR count). The summed E-state index contributed by atoms with van der Waals surface area (Å²) in [6.07, 6.45) is 0. The standard InChI is InChI=1S/C11H11N3O2/c1-16-9-4-2-3-7-5-6-8(11(15)14-12)13-10(7)9/h2-6H,12H2,1H3,(H,14,15). The number of hydrazine groups is 1. The zero-order valence-electron chi connectivity index (χ0n) is 8.73. The number of nitrogens with zero attached hydrogens (tertiary/aromatic N) is 1. The van der Waals surface area contributed by atoms with Crippen LogP contribution in [0.15, 0.2) is 30.3 Å². The number of rotatable bonds is 2. The predicted molar refractivity (Wildman–Crippen MR) is 59.9 cm³/mol. The number of nitrogen functional groups attached to an aromatic ring is 1. The largest absolute Gasteiger partial charge is 0.494 e. The number of para-hydroxylation sites is 1. The van der Waals surface area contributed by atoms with Crippen LogP contribution >= 0.6 is 0 Å². The third kappa shape index (κ3) is 1.68. The molecule has 0 aliphatic rings. The van der Waals surface area contributed by atoms with Gasteiger partial charge in [0.25, 0.3) is 5.91 Å². The number of benzene rings is 1. The minimum Gasteiger partial charge on any atom is -0.494 e. The zero-order chi connectivity index (χ0) is 11.5. The lowest BCUT2D eigenvalue weighted by Crippen LogP contribution is -2.30. The number of amides is 1. The van der Waals surface area contributed by atoms with E-state index in [1.165, 1.54) is 0 Å². The fourth-order valence-electron chi connectivity index (χ4n) is 1.48. The maximum Gasteiger partial charge on any atom is 0.283 e. The molecule has 0 saturated carbocycles. The number of ether oxygens (including phenoxy) is 1. The minimum atomic E-state index is -0.423. The summed E-state index contributed by atoms with van der Waals surface area (Å²) in [5.74, 6) is 5.25. The molecular formula is C11H11N3O2. The predicted octanol–water partition coefficient (Wildman–Crippen LogP) is 0.847. The van der Waals surface area contributed by atoms with Crippen LogP contribution < -0.4 is 16.0 Å². The second kappa shape index (κ2) is 4.16. The van der Waals surface area contributed by atoms with Crippen molar-refractivity contribution >= 4 is 16.8 Å². The van der Waals surface area contributed by atoms with Crippen molar-refractivity contribution in [1.29, 1.82) is 0 Å². The van der Waals surface area contributed by atoms with Gasteiger partial charge in [-0.3, -0.25) is 10.2 Å². The first kappa shape index (κ1) is 10.4. The smallest absolute Gasteiger partial charge is 0.283 e. The first-order valence-electron chi connectivity index (χ1n) is 4.71. The van der Waals surface area contributed by atoms with E-state index in [0.717, 1.165) is 5.39 Å². The van der Waals surface area contributed by atoms with Crippen LogP contribution in [0.25, 0.3) is 10.9 Å². The average molecular weight is 217 g/mol. The summed E-state index contributed by atoms with van der Waals surface area (Å²) in [4.78, 5) is 15.5. The highest BCUT2D eigenvalue weighted by atomic mass is 16.5. The van der Waals surface area contributed by atoms with E-state index in [1.807, 2.05) is 17.6 Å². The lowest BCUT2D eigenvalue weighted by Gasteiger charge is -2.05. The van der Waals surface area contributed by atoms with Gasteiger partial charge in [0.2, 0.25) is 0 Å². The molecule has 1 amide bonds. The second-order valence-electron chi connectivity index (χ2n) is 3.20. The van der Waals surface area contributed by atoms with Gasteiger partial charge in [-0.15, -0.1) is 0 Å². The molecule has 2 aromatic rings. The highest BCUT2D eigenvalue weighted by Crippen LogP contribution is 2.23. The number of carbonyl (C=O) groups excluding carboxylic acids is 1. The Kier molecular flexibility index (Phi) is 2.70. The van der Waals surface area contributed by atoms with E-state index in [1.54, 1.807) is 25.3 Å². The van der Waals surface area contributed by atoms with Gasteiger partial charge in [-0.05, 0) is 12.1 Å². The summed E-state index contributed by atoms with van der Waals surface area (Å²) < 4.78 is 5.17. The van der Waals surface area contributed by atoms with Crippen LogP contribution in [0, 0.1) is 0 Å². The van der Waals surface area contributed by atoms with E-state index in [-0.39, 0.29) is 5.69 Å². The van der Waals surface area contributed by atoms with E-state index >= 15 is 0 Å². The fourth-order valence-corrected chi connectivity index (χ4v) is 1.48. The normalized spacial score (nSPS) is 10.1. The maximum atomic E-state index is 11.3. The second-order valence-corrected chi connectivity index (χ2v) is 3.20. The molecule has 0 aliphatic heterocycles. The van der Waals surface area contributed by atoms with Crippen LogP contribution in [0.5, 0.6) is 5.75 Å². The monoisotopic (exact) mass is 217 g/mol. The molecule has 3 N–H and O–H groups in total. The number of fused-ring (bicyclic) bond motifs is 1. The van der Waals surface area contributed by atoms with Crippen LogP contribution in [0.4, 0.5) is 0 Å². The SMILES string of the molecule is COc1cccc2ccc(C(=O)NN)nc12. The van der Waals surface area contributed by atoms with E-state index < -0.39 is 5.91 Å². The van der Waals surface area contributed by atoms with Crippen LogP contribution in [0.2, 0.25) is 0 Å². The third-order valence-corrected chi connectivity index (χ3v) is 2.27. The van der Waals surface area contributed by atoms with Crippen molar-refractivity contribution in [2.24, 2.45) is 5.84 Å². The minimum absolute atomic E-state index is 0.263. The van der Waals surface area contributed by atoms with Crippen molar-refractivity contribution in [3.63, 3.8) is 0 Å². The average Bonchev–Trinajstić information content (AvgIpc) is 2.36. The number of nitrogens with two attached hydrogens (primary N) is 1. The Bertz CT molecular complexity index is 540. The lowest BCUT2D eigenvalue weighted by atomic mass is 10.2. The molecule has 0 atom stereocenters. The molecule has 0 spiro atoms. The number of aromatic nitrogens is 1. The number of hydrogen-bond acceptors (Lipinski definition) is 4. The van der Waals surface area contributed by atoms with Crippen molar-refractivity contribution in [3.8, 4) is 5.75 Å². The Morgan fingerprint density at radius 3 is 2.88 bits per heavy atom. The highest BCUT2D eigenvalue weighted by Gasteiger charge is 2.08. The molecule has 0 saturated heterocycles. The highest BCUT2D eigenvalue weighted by molar-refractivity contribution is 5.95. The molecule has 0 fully saturated rings. The molecule has 0 aliphatic carbocycles. The Morgan fingerprint density at radius 2 is 2.19 bits per heavy atom. The number of methoxy groups -OCH3 is 1. The molecule has 5 heteroatoms.